The van der Waals surface area contributed by atoms with E-state index in [9.17, 15) is 0 Å². The minimum atomic E-state index is 0. The molecular weight excluding hydrogens is 367 g/mol. The molecule has 0 saturated heterocycles. The van der Waals surface area contributed by atoms with Crippen LogP contribution in [-0.2, 0) is 13.0 Å². The van der Waals surface area contributed by atoms with Gasteiger partial charge in [0, 0.05) is 22.9 Å². The highest BCUT2D eigenvalue weighted by atomic mass is 35.5. The molecule has 0 spiro atoms. The highest BCUT2D eigenvalue weighted by Crippen LogP contribution is 2.35. The van der Waals surface area contributed by atoms with E-state index in [0.717, 1.165) is 36.5 Å². The van der Waals surface area contributed by atoms with Crippen LogP contribution in [0.5, 0.6) is 0 Å². The van der Waals surface area contributed by atoms with E-state index in [0.29, 0.717) is 24.5 Å². The molecule has 1 aliphatic carbocycles. The van der Waals surface area contributed by atoms with Gasteiger partial charge in [0.25, 0.3) is 0 Å². The summed E-state index contributed by atoms with van der Waals surface area (Å²) in [7, 11) is 0. The fourth-order valence-corrected chi connectivity index (χ4v) is 3.61. The van der Waals surface area contributed by atoms with Gasteiger partial charge in [-0.2, -0.15) is 4.98 Å². The normalized spacial score (nSPS) is 19.0. The maximum absolute atomic E-state index is 5.85. The highest BCUT2D eigenvalue weighted by molar-refractivity contribution is 7.11. The molecule has 3 rings (SSSR count). The topological polar surface area (TPSA) is 103 Å². The second-order valence-corrected chi connectivity index (χ2v) is 6.96. The van der Waals surface area contributed by atoms with Crippen molar-refractivity contribution in [2.75, 3.05) is 11.1 Å². The lowest BCUT2D eigenvalue weighted by Gasteiger charge is -2.32. The van der Waals surface area contributed by atoms with Crippen LogP contribution in [0.3, 0.4) is 0 Å². The number of thiazole rings is 1. The lowest BCUT2D eigenvalue weighted by molar-refractivity contribution is 0.345. The number of anilines is 2. The summed E-state index contributed by atoms with van der Waals surface area (Å²) in [6, 6.07) is 2.29. The summed E-state index contributed by atoms with van der Waals surface area (Å²) in [4.78, 5) is 14.4. The van der Waals surface area contributed by atoms with E-state index in [1.807, 2.05) is 13.0 Å². The Morgan fingerprint density at radius 1 is 1.25 bits per heavy atom. The van der Waals surface area contributed by atoms with Gasteiger partial charge in [-0.1, -0.05) is 6.92 Å². The molecule has 0 amide bonds. The number of nitrogen functional groups attached to an aromatic ring is 1. The van der Waals surface area contributed by atoms with Gasteiger partial charge in [0.1, 0.15) is 5.82 Å². The molecule has 0 aromatic carbocycles. The first-order chi connectivity index (χ1) is 10.5. The van der Waals surface area contributed by atoms with Gasteiger partial charge < -0.3 is 16.8 Å². The van der Waals surface area contributed by atoms with E-state index in [1.54, 1.807) is 11.3 Å². The van der Waals surface area contributed by atoms with Crippen LogP contribution >= 0.6 is 36.2 Å². The van der Waals surface area contributed by atoms with Gasteiger partial charge in [0.2, 0.25) is 5.95 Å². The maximum Gasteiger partial charge on any atom is 0.222 e. The minimum absolute atomic E-state index is 0. The number of nitrogens with one attached hydrogen (secondary N) is 1. The molecule has 1 saturated carbocycles. The van der Waals surface area contributed by atoms with Crippen molar-refractivity contribution in [3.8, 4) is 0 Å². The van der Waals surface area contributed by atoms with E-state index >= 15 is 0 Å². The molecule has 1 fully saturated rings. The summed E-state index contributed by atoms with van der Waals surface area (Å²) in [6.45, 7) is 4.88. The van der Waals surface area contributed by atoms with Gasteiger partial charge in [-0.25, -0.2) is 9.97 Å². The third kappa shape index (κ3) is 4.69. The number of hydrogen-bond donors (Lipinski definition) is 3. The quantitative estimate of drug-likeness (QED) is 0.724. The number of halogens is 2. The Labute approximate surface area is 158 Å². The Kier molecular flexibility index (Phi) is 7.66. The molecule has 2 aromatic heterocycles. The smallest absolute Gasteiger partial charge is 0.222 e. The molecule has 0 radical (unpaired) electrons. The van der Waals surface area contributed by atoms with Crippen LogP contribution in [0, 0.1) is 6.92 Å². The summed E-state index contributed by atoms with van der Waals surface area (Å²) >= 11 is 1.74. The minimum Gasteiger partial charge on any atom is -0.368 e. The van der Waals surface area contributed by atoms with Gasteiger partial charge in [-0.15, -0.1) is 36.2 Å². The van der Waals surface area contributed by atoms with Crippen molar-refractivity contribution in [2.45, 2.75) is 51.6 Å². The third-order valence-electron chi connectivity index (χ3n) is 4.03. The lowest BCUT2D eigenvalue weighted by atomic mass is 9.78. The van der Waals surface area contributed by atoms with Crippen molar-refractivity contribution in [3.63, 3.8) is 0 Å². The molecule has 2 heterocycles. The monoisotopic (exact) mass is 390 g/mol. The fraction of sp³-hybridized carbons (Fsp3) is 0.533. The highest BCUT2D eigenvalue weighted by Gasteiger charge is 2.29. The number of nitrogens with zero attached hydrogens (tertiary/aromatic N) is 3. The van der Waals surface area contributed by atoms with Crippen LogP contribution in [0.1, 0.15) is 47.0 Å². The number of nitrogens with two attached hydrogens (primary N) is 2. The first kappa shape index (κ1) is 20.9. The number of aromatic nitrogens is 3. The van der Waals surface area contributed by atoms with Crippen LogP contribution < -0.4 is 16.8 Å². The predicted molar refractivity (Wildman–Crippen MR) is 104 cm³/mol. The van der Waals surface area contributed by atoms with E-state index in [2.05, 4.69) is 27.2 Å². The van der Waals surface area contributed by atoms with Crippen LogP contribution in [0.4, 0.5) is 11.8 Å². The van der Waals surface area contributed by atoms with Crippen molar-refractivity contribution in [2.24, 2.45) is 5.73 Å². The third-order valence-corrected chi connectivity index (χ3v) is 5.33. The summed E-state index contributed by atoms with van der Waals surface area (Å²) < 4.78 is 0. The van der Waals surface area contributed by atoms with Gasteiger partial charge >= 0.3 is 0 Å². The summed E-state index contributed by atoms with van der Waals surface area (Å²) in [6.07, 6.45) is 2.92. The van der Waals surface area contributed by atoms with Crippen LogP contribution in [-0.4, -0.2) is 21.0 Å². The van der Waals surface area contributed by atoms with Crippen molar-refractivity contribution < 1.29 is 0 Å². The summed E-state index contributed by atoms with van der Waals surface area (Å²) in [5.74, 6) is 1.50. The Morgan fingerprint density at radius 3 is 2.54 bits per heavy atom. The van der Waals surface area contributed by atoms with Crippen LogP contribution in [0.2, 0.25) is 0 Å². The molecule has 2 aromatic rings. The molecule has 0 bridgehead atoms. The molecule has 0 atom stereocenters. The lowest BCUT2D eigenvalue weighted by Crippen LogP contribution is -2.35. The van der Waals surface area contributed by atoms with E-state index in [1.165, 1.54) is 9.88 Å². The van der Waals surface area contributed by atoms with E-state index in [4.69, 9.17) is 11.5 Å². The SMILES string of the molecule is CCc1nc(C)c(CNc2cc(C3CC(N)C3)nc(N)n2)s1.Cl.Cl. The molecule has 0 aliphatic heterocycles. The van der Waals surface area contributed by atoms with Gasteiger partial charge in [0.15, 0.2) is 0 Å². The molecule has 9 heteroatoms. The first-order valence-corrected chi connectivity index (χ1v) is 8.46. The first-order valence-electron chi connectivity index (χ1n) is 7.64. The maximum atomic E-state index is 5.85. The molecule has 134 valence electrons. The Hall–Kier alpha value is -1.15. The van der Waals surface area contributed by atoms with Crippen molar-refractivity contribution >= 4 is 47.9 Å². The van der Waals surface area contributed by atoms with Crippen molar-refractivity contribution in [1.29, 1.82) is 0 Å². The average Bonchev–Trinajstić information content (AvgIpc) is 2.81. The molecule has 0 unspecified atom stereocenters. The standard InChI is InChI=1S/C15H22N6S.2ClH/c1-3-14-19-8(2)12(22-14)7-18-13-6-11(20-15(17)21-13)9-4-10(16)5-9;;/h6,9-10H,3-5,7,16H2,1-2H3,(H3,17,18,20,21);2*1H. The van der Waals surface area contributed by atoms with E-state index in [-0.39, 0.29) is 24.8 Å². The van der Waals surface area contributed by atoms with Crippen molar-refractivity contribution in [1.82, 2.24) is 15.0 Å². The van der Waals surface area contributed by atoms with Crippen LogP contribution in [0.25, 0.3) is 0 Å². The van der Waals surface area contributed by atoms with E-state index < -0.39 is 0 Å². The number of aryl methyl sites for hydroxylation is 2. The Morgan fingerprint density at radius 2 is 1.96 bits per heavy atom. The Balaban J connectivity index is 0.00000144. The van der Waals surface area contributed by atoms with Gasteiger partial charge in [-0.3, -0.25) is 0 Å². The molecule has 6 nitrogen and oxygen atoms in total. The average molecular weight is 391 g/mol. The summed E-state index contributed by atoms with van der Waals surface area (Å²) in [5.41, 5.74) is 13.8. The largest absolute Gasteiger partial charge is 0.368 e. The molecule has 1 aliphatic rings. The predicted octanol–water partition coefficient (Wildman–Crippen LogP) is 3.05. The zero-order valence-corrected chi connectivity index (χ0v) is 16.2. The molecular formula is C15H24Cl2N6S. The van der Waals surface area contributed by atoms with Gasteiger partial charge in [0.05, 0.1) is 22.9 Å². The zero-order valence-electron chi connectivity index (χ0n) is 13.8. The number of rotatable bonds is 5. The zero-order chi connectivity index (χ0) is 15.7. The Bertz CT molecular complexity index is 672. The van der Waals surface area contributed by atoms with Gasteiger partial charge in [-0.05, 0) is 26.2 Å². The van der Waals surface area contributed by atoms with Crippen LogP contribution in [0.15, 0.2) is 6.07 Å². The molecule has 5 N–H and O–H groups in total. The summed E-state index contributed by atoms with van der Waals surface area (Å²) in [5, 5.41) is 4.51. The molecule has 24 heavy (non-hydrogen) atoms. The second-order valence-electron chi connectivity index (χ2n) is 5.79. The fourth-order valence-electron chi connectivity index (χ4n) is 2.66. The second kappa shape index (κ2) is 8.80. The number of hydrogen-bond acceptors (Lipinski definition) is 7. The van der Waals surface area contributed by atoms with Crippen molar-refractivity contribution in [3.05, 3.63) is 27.3 Å².